The molecule has 13 heavy (non-hydrogen) atoms. The topological polar surface area (TPSA) is 49.7 Å². The van der Waals surface area contributed by atoms with Crippen molar-refractivity contribution in [2.45, 2.75) is 0 Å². The predicted molar refractivity (Wildman–Crippen MR) is 50.9 cm³/mol. The van der Waals surface area contributed by atoms with E-state index < -0.39 is 11.0 Å². The van der Waals surface area contributed by atoms with Gasteiger partial charge in [-0.3, -0.25) is 4.79 Å². The van der Waals surface area contributed by atoms with Crippen LogP contribution in [0.4, 0.5) is 0 Å². The third-order valence-corrected chi connectivity index (χ3v) is 1.97. The molecular formula is C8H5Cl2NO2. The Morgan fingerprint density at radius 2 is 2.00 bits per heavy atom. The van der Waals surface area contributed by atoms with E-state index in [-0.39, 0.29) is 10.6 Å². The molecule has 0 aromatic heterocycles. The van der Waals surface area contributed by atoms with Crippen LogP contribution in [0.15, 0.2) is 29.4 Å². The first-order valence-electron chi connectivity index (χ1n) is 3.33. The summed E-state index contributed by atoms with van der Waals surface area (Å²) in [6, 6.07) is 6.37. The van der Waals surface area contributed by atoms with Crippen LogP contribution in [0, 0.1) is 0 Å². The molecule has 1 N–H and O–H groups in total. The number of carbonyl (C=O) groups is 1. The van der Waals surface area contributed by atoms with Gasteiger partial charge in [-0.05, 0) is 12.1 Å². The third kappa shape index (κ3) is 2.20. The lowest BCUT2D eigenvalue weighted by atomic mass is 10.1. The number of hydrogen-bond acceptors (Lipinski definition) is 3. The largest absolute Gasteiger partial charge is 0.410 e. The molecule has 0 amide bonds. The average molecular weight is 218 g/mol. The van der Waals surface area contributed by atoms with Gasteiger partial charge in [-0.1, -0.05) is 40.5 Å². The van der Waals surface area contributed by atoms with Crippen LogP contribution in [-0.2, 0) is 0 Å². The first kappa shape index (κ1) is 10.0. The van der Waals surface area contributed by atoms with Gasteiger partial charge in [-0.15, -0.1) is 0 Å². The summed E-state index contributed by atoms with van der Waals surface area (Å²) in [4.78, 5) is 11.3. The fourth-order valence-corrected chi connectivity index (χ4v) is 1.13. The maximum atomic E-state index is 11.3. The van der Waals surface area contributed by atoms with Crippen LogP contribution in [0.1, 0.15) is 10.4 Å². The van der Waals surface area contributed by atoms with Gasteiger partial charge in [-0.2, -0.15) is 0 Å². The smallest absolute Gasteiger partial charge is 0.227 e. The Morgan fingerprint density at radius 3 is 2.54 bits per heavy atom. The molecule has 1 rings (SSSR count). The van der Waals surface area contributed by atoms with Gasteiger partial charge in [0.05, 0.1) is 5.02 Å². The summed E-state index contributed by atoms with van der Waals surface area (Å²) in [7, 11) is 0. The van der Waals surface area contributed by atoms with E-state index in [1.54, 1.807) is 18.2 Å². The highest BCUT2D eigenvalue weighted by Gasteiger charge is 2.14. The van der Waals surface area contributed by atoms with Crippen molar-refractivity contribution in [3.63, 3.8) is 0 Å². The number of halogens is 2. The van der Waals surface area contributed by atoms with Crippen LogP contribution in [0.5, 0.6) is 0 Å². The number of hydrogen-bond donors (Lipinski definition) is 1. The van der Waals surface area contributed by atoms with Crippen molar-refractivity contribution in [3.8, 4) is 0 Å². The van der Waals surface area contributed by atoms with E-state index >= 15 is 0 Å². The van der Waals surface area contributed by atoms with Crippen molar-refractivity contribution in [2.24, 2.45) is 5.16 Å². The number of rotatable bonds is 2. The lowest BCUT2D eigenvalue weighted by Crippen LogP contribution is -2.08. The molecule has 0 fully saturated rings. The van der Waals surface area contributed by atoms with Gasteiger partial charge in [0.25, 0.3) is 0 Å². The van der Waals surface area contributed by atoms with E-state index in [0.29, 0.717) is 0 Å². The quantitative estimate of drug-likeness (QED) is 0.359. The zero-order valence-corrected chi connectivity index (χ0v) is 7.88. The standard InChI is InChI=1S/C8H5Cl2NO2/c9-6-4-2-1-3-5(6)7(12)8(10)11-13/h1-4,13H/b11-8-. The van der Waals surface area contributed by atoms with Gasteiger partial charge < -0.3 is 5.21 Å². The van der Waals surface area contributed by atoms with Gasteiger partial charge in [0.1, 0.15) is 0 Å². The summed E-state index contributed by atoms with van der Waals surface area (Å²) in [6.07, 6.45) is 0. The molecule has 0 aliphatic carbocycles. The number of carbonyl (C=O) groups excluding carboxylic acids is 1. The summed E-state index contributed by atoms with van der Waals surface area (Å²) in [6.45, 7) is 0. The first-order chi connectivity index (χ1) is 6.16. The van der Waals surface area contributed by atoms with E-state index in [1.807, 2.05) is 0 Å². The van der Waals surface area contributed by atoms with Crippen molar-refractivity contribution in [1.82, 2.24) is 0 Å². The SMILES string of the molecule is O=C(/C(Cl)=N/O)c1ccccc1Cl. The molecule has 68 valence electrons. The molecule has 0 aliphatic rings. The molecule has 0 atom stereocenters. The number of nitrogens with zero attached hydrogens (tertiary/aromatic N) is 1. The molecule has 5 heteroatoms. The van der Waals surface area contributed by atoms with Crippen LogP contribution in [0.2, 0.25) is 5.02 Å². The minimum Gasteiger partial charge on any atom is -0.410 e. The number of benzene rings is 1. The Bertz CT molecular complexity index is 363. The van der Waals surface area contributed by atoms with Crippen LogP contribution >= 0.6 is 23.2 Å². The maximum Gasteiger partial charge on any atom is 0.227 e. The van der Waals surface area contributed by atoms with Gasteiger partial charge in [0.2, 0.25) is 11.0 Å². The number of oxime groups is 1. The minimum absolute atomic E-state index is 0.215. The molecule has 0 saturated heterocycles. The van der Waals surface area contributed by atoms with E-state index in [4.69, 9.17) is 28.4 Å². The van der Waals surface area contributed by atoms with Crippen molar-refractivity contribution in [3.05, 3.63) is 34.9 Å². The molecular weight excluding hydrogens is 213 g/mol. The molecule has 0 spiro atoms. The normalized spacial score (nSPS) is 11.4. The van der Waals surface area contributed by atoms with E-state index in [0.717, 1.165) is 0 Å². The third-order valence-electron chi connectivity index (χ3n) is 1.39. The van der Waals surface area contributed by atoms with Gasteiger partial charge >= 0.3 is 0 Å². The van der Waals surface area contributed by atoms with Crippen LogP contribution in [0.25, 0.3) is 0 Å². The highest BCUT2D eigenvalue weighted by molar-refractivity contribution is 6.85. The second kappa shape index (κ2) is 4.25. The summed E-state index contributed by atoms with van der Waals surface area (Å²) in [5.74, 6) is -0.602. The zero-order valence-electron chi connectivity index (χ0n) is 6.37. The summed E-state index contributed by atoms with van der Waals surface area (Å²) < 4.78 is 0. The summed E-state index contributed by atoms with van der Waals surface area (Å²) in [5, 5.41) is 10.6. The molecule has 3 nitrogen and oxygen atoms in total. The molecule has 0 heterocycles. The Hall–Kier alpha value is -1.06. The minimum atomic E-state index is -0.602. The van der Waals surface area contributed by atoms with Crippen molar-refractivity contribution in [1.29, 1.82) is 0 Å². The molecule has 0 radical (unpaired) electrons. The predicted octanol–water partition coefficient (Wildman–Crippen LogP) is 2.55. The fraction of sp³-hybridized carbons (Fsp3) is 0. The zero-order chi connectivity index (χ0) is 9.84. The molecule has 0 aliphatic heterocycles. The van der Waals surface area contributed by atoms with Gasteiger partial charge in [0.15, 0.2) is 0 Å². The lowest BCUT2D eigenvalue weighted by molar-refractivity contribution is 0.106. The highest BCUT2D eigenvalue weighted by atomic mass is 35.5. The first-order valence-corrected chi connectivity index (χ1v) is 4.09. The molecule has 0 unspecified atom stereocenters. The average Bonchev–Trinajstić information content (AvgIpc) is 2.16. The maximum absolute atomic E-state index is 11.3. The highest BCUT2D eigenvalue weighted by Crippen LogP contribution is 2.16. The van der Waals surface area contributed by atoms with Crippen molar-refractivity contribution >= 4 is 34.2 Å². The van der Waals surface area contributed by atoms with Crippen LogP contribution in [-0.4, -0.2) is 16.2 Å². The second-order valence-electron chi connectivity index (χ2n) is 2.20. The fourth-order valence-electron chi connectivity index (χ4n) is 0.802. The van der Waals surface area contributed by atoms with E-state index in [9.17, 15) is 4.79 Å². The Morgan fingerprint density at radius 1 is 1.38 bits per heavy atom. The van der Waals surface area contributed by atoms with Crippen molar-refractivity contribution < 1.29 is 10.0 Å². The summed E-state index contributed by atoms with van der Waals surface area (Å²) >= 11 is 11.0. The Balaban J connectivity index is 3.10. The van der Waals surface area contributed by atoms with Crippen LogP contribution in [0.3, 0.4) is 0 Å². The second-order valence-corrected chi connectivity index (χ2v) is 2.96. The van der Waals surface area contributed by atoms with E-state index in [2.05, 4.69) is 5.16 Å². The lowest BCUT2D eigenvalue weighted by Gasteiger charge is -1.98. The van der Waals surface area contributed by atoms with Crippen LogP contribution < -0.4 is 0 Å². The monoisotopic (exact) mass is 217 g/mol. The number of ketones is 1. The molecule has 0 saturated carbocycles. The van der Waals surface area contributed by atoms with E-state index in [1.165, 1.54) is 6.07 Å². The summed E-state index contributed by atoms with van der Waals surface area (Å²) in [5.41, 5.74) is 0.215. The van der Waals surface area contributed by atoms with Gasteiger partial charge in [-0.25, -0.2) is 0 Å². The number of Topliss-reactive ketones (excluding diaryl/α,β-unsaturated/α-hetero) is 1. The van der Waals surface area contributed by atoms with Crippen molar-refractivity contribution in [2.75, 3.05) is 0 Å². The Kier molecular flexibility index (Phi) is 3.28. The molecule has 1 aromatic carbocycles. The Labute approximate surface area is 84.6 Å². The van der Waals surface area contributed by atoms with Gasteiger partial charge in [0, 0.05) is 5.56 Å². The molecule has 0 bridgehead atoms. The molecule has 1 aromatic rings.